The predicted octanol–water partition coefficient (Wildman–Crippen LogP) is -0.164. The minimum absolute atomic E-state index is 0.144. The van der Waals surface area contributed by atoms with E-state index in [9.17, 15) is 8.42 Å². The second kappa shape index (κ2) is 2.69. The fraction of sp³-hybridized carbons (Fsp3) is 0.429. The van der Waals surface area contributed by atoms with Crippen LogP contribution in [-0.2, 0) is 10.0 Å². The minimum Gasteiger partial charge on any atom is -0.322 e. The Kier molecular flexibility index (Phi) is 2.11. The highest BCUT2D eigenvalue weighted by molar-refractivity contribution is 7.93. The summed E-state index contributed by atoms with van der Waals surface area (Å²) < 4.78 is 21.6. The fourth-order valence-corrected chi connectivity index (χ4v) is 1.51. The summed E-state index contributed by atoms with van der Waals surface area (Å²) in [6.07, 6.45) is 5.12. The zero-order valence-corrected chi connectivity index (χ0v) is 7.64. The highest BCUT2D eigenvalue weighted by Crippen LogP contribution is 2.19. The van der Waals surface area contributed by atoms with Crippen molar-refractivity contribution >= 4 is 10.0 Å². The van der Waals surface area contributed by atoms with Crippen molar-refractivity contribution in [3.63, 3.8) is 0 Å². The summed E-state index contributed by atoms with van der Waals surface area (Å²) >= 11 is 0. The molecule has 1 aliphatic carbocycles. The number of sulfonamides is 1. The van der Waals surface area contributed by atoms with Gasteiger partial charge in [-0.05, 0) is 19.4 Å². The predicted molar refractivity (Wildman–Crippen MR) is 47.5 cm³/mol. The van der Waals surface area contributed by atoms with Gasteiger partial charge in [0.25, 0.3) is 0 Å². The first-order valence-corrected chi connectivity index (χ1v) is 5.07. The van der Waals surface area contributed by atoms with Gasteiger partial charge in [0.05, 0.1) is 4.91 Å². The third-order valence-electron chi connectivity index (χ3n) is 1.70. The third-order valence-corrected chi connectivity index (χ3v) is 2.66. The van der Waals surface area contributed by atoms with Crippen molar-refractivity contribution in [3.8, 4) is 0 Å². The number of allylic oxidation sites excluding steroid dienone is 1. The normalized spacial score (nSPS) is 30.1. The van der Waals surface area contributed by atoms with Crippen LogP contribution in [0, 0.1) is 0 Å². The molecule has 68 valence electrons. The van der Waals surface area contributed by atoms with Crippen molar-refractivity contribution < 1.29 is 8.42 Å². The standard InChI is InChI=1S/C7H12N2O2S/c1-7(8)4-2-6(3-5-7)12(9,10)11/h2-4H,5,8H2,1H3,(H2,9,10,11). The summed E-state index contributed by atoms with van der Waals surface area (Å²) in [6.45, 7) is 1.82. The van der Waals surface area contributed by atoms with Crippen LogP contribution < -0.4 is 10.9 Å². The van der Waals surface area contributed by atoms with Crippen LogP contribution in [0.3, 0.4) is 0 Å². The summed E-state index contributed by atoms with van der Waals surface area (Å²) in [5.41, 5.74) is 5.27. The molecule has 1 rings (SSSR count). The van der Waals surface area contributed by atoms with E-state index in [4.69, 9.17) is 10.9 Å². The number of hydrogen-bond acceptors (Lipinski definition) is 3. The Labute approximate surface area is 72.0 Å². The van der Waals surface area contributed by atoms with Crippen LogP contribution in [0.5, 0.6) is 0 Å². The number of hydrogen-bond donors (Lipinski definition) is 2. The van der Waals surface area contributed by atoms with Crippen LogP contribution in [0.25, 0.3) is 0 Å². The largest absolute Gasteiger partial charge is 0.322 e. The van der Waals surface area contributed by atoms with E-state index in [1.54, 1.807) is 6.08 Å². The Morgan fingerprint density at radius 3 is 2.50 bits per heavy atom. The van der Waals surface area contributed by atoms with E-state index in [1.165, 1.54) is 12.2 Å². The molecule has 0 aromatic carbocycles. The molecule has 0 fully saturated rings. The first-order valence-electron chi connectivity index (χ1n) is 3.52. The molecular formula is C7H12N2O2S. The molecule has 0 heterocycles. The molecule has 4 N–H and O–H groups in total. The Morgan fingerprint density at radius 1 is 1.58 bits per heavy atom. The quantitative estimate of drug-likeness (QED) is 0.599. The summed E-state index contributed by atoms with van der Waals surface area (Å²) in [6, 6.07) is 0. The minimum atomic E-state index is -3.56. The van der Waals surface area contributed by atoms with Crippen LogP contribution in [0.2, 0.25) is 0 Å². The average Bonchev–Trinajstić information content (AvgIpc) is 1.83. The topological polar surface area (TPSA) is 86.2 Å². The van der Waals surface area contributed by atoms with Gasteiger partial charge in [-0.15, -0.1) is 0 Å². The molecule has 0 amide bonds. The van der Waals surface area contributed by atoms with Gasteiger partial charge >= 0.3 is 0 Å². The molecule has 5 heteroatoms. The van der Waals surface area contributed by atoms with Crippen molar-refractivity contribution in [3.05, 3.63) is 23.1 Å². The molecular weight excluding hydrogens is 176 g/mol. The maximum Gasteiger partial charge on any atom is 0.237 e. The molecule has 1 atom stereocenters. The van der Waals surface area contributed by atoms with E-state index in [0.717, 1.165) is 0 Å². The molecule has 0 aromatic heterocycles. The van der Waals surface area contributed by atoms with Gasteiger partial charge in [-0.1, -0.05) is 12.2 Å². The zero-order chi connectivity index (χ0) is 9.41. The first-order chi connectivity index (χ1) is 5.31. The van der Waals surface area contributed by atoms with Crippen molar-refractivity contribution in [1.29, 1.82) is 0 Å². The molecule has 0 saturated heterocycles. The maximum absolute atomic E-state index is 10.8. The Hall–Kier alpha value is -0.650. The maximum atomic E-state index is 10.8. The molecule has 0 radical (unpaired) electrons. The van der Waals surface area contributed by atoms with Crippen LogP contribution in [0.15, 0.2) is 23.1 Å². The number of rotatable bonds is 1. The molecule has 0 aromatic rings. The lowest BCUT2D eigenvalue weighted by molar-refractivity contribution is 0.583. The zero-order valence-electron chi connectivity index (χ0n) is 6.82. The van der Waals surface area contributed by atoms with E-state index in [2.05, 4.69) is 0 Å². The smallest absolute Gasteiger partial charge is 0.237 e. The van der Waals surface area contributed by atoms with Crippen molar-refractivity contribution in [2.75, 3.05) is 0 Å². The van der Waals surface area contributed by atoms with E-state index >= 15 is 0 Å². The summed E-state index contributed by atoms with van der Waals surface area (Å²) in [5.74, 6) is 0. The van der Waals surface area contributed by atoms with Gasteiger partial charge in [0, 0.05) is 5.54 Å². The van der Waals surface area contributed by atoms with E-state index in [1.807, 2.05) is 6.92 Å². The van der Waals surface area contributed by atoms with Crippen LogP contribution in [0.4, 0.5) is 0 Å². The molecule has 0 bridgehead atoms. The van der Waals surface area contributed by atoms with Crippen molar-refractivity contribution in [2.24, 2.45) is 10.9 Å². The van der Waals surface area contributed by atoms with E-state index < -0.39 is 15.6 Å². The molecule has 12 heavy (non-hydrogen) atoms. The highest BCUT2D eigenvalue weighted by atomic mass is 32.2. The van der Waals surface area contributed by atoms with Gasteiger partial charge in [-0.2, -0.15) is 0 Å². The van der Waals surface area contributed by atoms with Gasteiger partial charge in [-0.25, -0.2) is 13.6 Å². The van der Waals surface area contributed by atoms with Gasteiger partial charge < -0.3 is 5.73 Å². The monoisotopic (exact) mass is 188 g/mol. The molecule has 4 nitrogen and oxygen atoms in total. The molecule has 0 saturated carbocycles. The lowest BCUT2D eigenvalue weighted by Gasteiger charge is -2.21. The second-order valence-corrected chi connectivity index (χ2v) is 4.76. The lowest BCUT2D eigenvalue weighted by Crippen LogP contribution is -2.34. The molecule has 1 unspecified atom stereocenters. The SMILES string of the molecule is CC1(N)C=CC(S(N)(=O)=O)=CC1. The van der Waals surface area contributed by atoms with Gasteiger partial charge in [0.1, 0.15) is 0 Å². The summed E-state index contributed by atoms with van der Waals surface area (Å²) in [7, 11) is -3.56. The highest BCUT2D eigenvalue weighted by Gasteiger charge is 2.20. The summed E-state index contributed by atoms with van der Waals surface area (Å²) in [5, 5.41) is 4.91. The fourth-order valence-electron chi connectivity index (χ4n) is 0.940. The Bertz CT molecular complexity index is 338. The van der Waals surface area contributed by atoms with E-state index in [-0.39, 0.29) is 4.91 Å². The van der Waals surface area contributed by atoms with Gasteiger partial charge in [-0.3, -0.25) is 0 Å². The Morgan fingerprint density at radius 2 is 2.17 bits per heavy atom. The molecule has 0 spiro atoms. The summed E-state index contributed by atoms with van der Waals surface area (Å²) in [4.78, 5) is 0.144. The number of nitrogens with two attached hydrogens (primary N) is 2. The third kappa shape index (κ3) is 2.17. The van der Waals surface area contributed by atoms with Crippen LogP contribution in [0.1, 0.15) is 13.3 Å². The second-order valence-electron chi connectivity index (χ2n) is 3.19. The van der Waals surface area contributed by atoms with Crippen LogP contribution in [-0.4, -0.2) is 14.0 Å². The first kappa shape index (κ1) is 9.44. The molecule has 0 aliphatic heterocycles. The number of primary sulfonamides is 1. The van der Waals surface area contributed by atoms with Gasteiger partial charge in [0.2, 0.25) is 10.0 Å². The molecule has 1 aliphatic rings. The Balaban J connectivity index is 2.93. The van der Waals surface area contributed by atoms with Gasteiger partial charge in [0.15, 0.2) is 0 Å². The average molecular weight is 188 g/mol. The van der Waals surface area contributed by atoms with Crippen molar-refractivity contribution in [2.45, 2.75) is 18.9 Å². The lowest BCUT2D eigenvalue weighted by atomic mass is 9.95. The van der Waals surface area contributed by atoms with E-state index in [0.29, 0.717) is 6.42 Å². The van der Waals surface area contributed by atoms with Crippen LogP contribution >= 0.6 is 0 Å². The van der Waals surface area contributed by atoms with Crippen molar-refractivity contribution in [1.82, 2.24) is 0 Å².